The molecule has 0 saturated carbocycles. The van der Waals surface area contributed by atoms with Crippen LogP contribution in [0.5, 0.6) is 11.5 Å². The molecule has 83 heavy (non-hydrogen) atoms. The third kappa shape index (κ3) is 8.85. The summed E-state index contributed by atoms with van der Waals surface area (Å²) in [5, 5.41) is 5.09. The van der Waals surface area contributed by atoms with Crippen LogP contribution in [0.15, 0.2) is 211 Å². The Kier molecular flexibility index (Phi) is 12.7. The molecule has 0 fully saturated rings. The number of aryl methyl sites for hydroxylation is 1. The highest BCUT2D eigenvalue weighted by atomic mass is 16.5. The summed E-state index contributed by atoms with van der Waals surface area (Å²) >= 11 is 0. The van der Waals surface area contributed by atoms with Crippen molar-refractivity contribution in [2.24, 2.45) is 0 Å². The number of rotatable bonds is 12. The Morgan fingerprint density at radius 1 is 0.398 bits per heavy atom. The van der Waals surface area contributed by atoms with Gasteiger partial charge in [-0.3, -0.25) is 14.1 Å². The summed E-state index contributed by atoms with van der Waals surface area (Å²) in [6, 6.07) is 73.6. The van der Waals surface area contributed by atoms with Crippen molar-refractivity contribution in [3.05, 3.63) is 234 Å². The summed E-state index contributed by atoms with van der Waals surface area (Å²) < 4.78 is 19.4. The number of aromatic nitrogens is 5. The lowest BCUT2D eigenvalue weighted by Gasteiger charge is -2.24. The first-order valence-corrected chi connectivity index (χ1v) is 29.3. The van der Waals surface area contributed by atoms with Crippen molar-refractivity contribution in [1.29, 1.82) is 0 Å². The number of imidazole rings is 2. The summed E-state index contributed by atoms with van der Waals surface area (Å²) in [7, 11) is 0. The average Bonchev–Trinajstić information content (AvgIpc) is 2.88. The fourth-order valence-corrected chi connectivity index (χ4v) is 12.6. The minimum Gasteiger partial charge on any atom is -0.457 e. The zero-order chi connectivity index (χ0) is 56.8. The van der Waals surface area contributed by atoms with Crippen LogP contribution < -0.4 is 4.74 Å². The first-order chi connectivity index (χ1) is 40.4. The molecule has 406 valence electrons. The zero-order valence-corrected chi connectivity index (χ0v) is 48.5. The third-order valence-corrected chi connectivity index (χ3v) is 16.7. The molecule has 0 bridgehead atoms. The van der Waals surface area contributed by atoms with Crippen molar-refractivity contribution >= 4 is 65.7 Å². The minimum atomic E-state index is 0.180. The van der Waals surface area contributed by atoms with Gasteiger partial charge in [-0.15, -0.1) is 0 Å². The van der Waals surface area contributed by atoms with Crippen LogP contribution in [0.4, 0.5) is 0 Å². The van der Waals surface area contributed by atoms with Crippen LogP contribution in [0.1, 0.15) is 107 Å². The van der Waals surface area contributed by atoms with Gasteiger partial charge in [-0.05, 0) is 165 Å². The van der Waals surface area contributed by atoms with E-state index < -0.39 is 0 Å². The fourth-order valence-electron chi connectivity index (χ4n) is 12.6. The maximum atomic E-state index is 7.33. The molecule has 7 heteroatoms. The van der Waals surface area contributed by atoms with Crippen LogP contribution in [-0.4, -0.2) is 24.1 Å². The van der Waals surface area contributed by atoms with E-state index >= 15 is 0 Å². The lowest BCUT2D eigenvalue weighted by molar-refractivity contribution is 0.483. The fraction of sp³-hybridized carbons (Fsp3) is 0.171. The number of benzene rings is 10. The lowest BCUT2D eigenvalue weighted by atomic mass is 9.88. The Morgan fingerprint density at radius 3 is 1.47 bits per heavy atom. The Balaban J connectivity index is 1.01. The Hall–Kier alpha value is -9.59. The second-order valence-corrected chi connectivity index (χ2v) is 23.6. The smallest absolute Gasteiger partial charge is 0.149 e. The molecule has 0 aliphatic heterocycles. The maximum Gasteiger partial charge on any atom is 0.149 e. The molecule has 0 aliphatic rings. The van der Waals surface area contributed by atoms with Gasteiger partial charge < -0.3 is 9.15 Å². The Bertz CT molecular complexity index is 4790. The van der Waals surface area contributed by atoms with E-state index in [0.29, 0.717) is 11.5 Å². The first kappa shape index (κ1) is 51.5. The summed E-state index contributed by atoms with van der Waals surface area (Å²) in [4.78, 5) is 16.3. The zero-order valence-electron chi connectivity index (χ0n) is 48.5. The van der Waals surface area contributed by atoms with Gasteiger partial charge in [0, 0.05) is 32.8 Å². The summed E-state index contributed by atoms with van der Waals surface area (Å²) in [6.45, 7) is 20.4. The predicted molar refractivity (Wildman–Crippen MR) is 345 cm³/mol. The average molecular weight is 1080 g/mol. The van der Waals surface area contributed by atoms with Gasteiger partial charge in [0.25, 0.3) is 0 Å². The van der Waals surface area contributed by atoms with Crippen LogP contribution in [0, 0.1) is 6.92 Å². The number of fused-ring (bicyclic) bond motifs is 9. The predicted octanol–water partition coefficient (Wildman–Crippen LogP) is 21.2. The van der Waals surface area contributed by atoms with Crippen LogP contribution in [0.3, 0.4) is 0 Å². The third-order valence-electron chi connectivity index (χ3n) is 16.7. The van der Waals surface area contributed by atoms with E-state index in [9.17, 15) is 0 Å². The van der Waals surface area contributed by atoms with E-state index in [1.54, 1.807) is 0 Å². The molecule has 14 rings (SSSR count). The second kappa shape index (κ2) is 20.4. The largest absolute Gasteiger partial charge is 0.457 e. The molecule has 0 N–H and O–H groups in total. The molecule has 0 radical (unpaired) electrons. The molecule has 10 aromatic carbocycles. The molecule has 0 spiro atoms. The quantitative estimate of drug-likeness (QED) is 0.114. The van der Waals surface area contributed by atoms with E-state index in [1.807, 2.05) is 6.07 Å². The number of nitrogens with zero attached hydrogens (tertiary/aromatic N) is 5. The van der Waals surface area contributed by atoms with Crippen molar-refractivity contribution in [3.63, 3.8) is 0 Å². The monoisotopic (exact) mass is 1080 g/mol. The summed E-state index contributed by atoms with van der Waals surface area (Å²) in [6.07, 6.45) is 0. The standard InChI is InChI=1S/C76H65N5O2/c1-44(2)58-38-54(49-21-12-10-13-22-49)39-59(45(3)4)72(58)80-66-29-18-16-27-64(66)78-75(80)53-25-20-26-56(37-53)82-57-42-62-70-68(36-35-51-33-34-52-32-31-48(9)77-71(52)69(51)70)83-74(62)63(43-57)76-79-65-28-17-19-30-67(65)81(76)73-60(46(5)6)40-55(41-61(73)47(7)8)50-23-14-11-15-24-50/h10-47H,1-9H3. The van der Waals surface area contributed by atoms with Crippen LogP contribution in [-0.2, 0) is 0 Å². The number of hydrogen-bond donors (Lipinski definition) is 0. The highest BCUT2D eigenvalue weighted by Crippen LogP contribution is 2.48. The summed E-state index contributed by atoms with van der Waals surface area (Å²) in [5.41, 5.74) is 21.1. The Morgan fingerprint density at radius 2 is 0.892 bits per heavy atom. The van der Waals surface area contributed by atoms with Gasteiger partial charge in [-0.25, -0.2) is 9.97 Å². The van der Waals surface area contributed by atoms with E-state index in [-0.39, 0.29) is 23.7 Å². The molecular weight excluding hydrogens is 1010 g/mol. The van der Waals surface area contributed by atoms with E-state index in [2.05, 4.69) is 272 Å². The molecular formula is C76H65N5O2. The second-order valence-electron chi connectivity index (χ2n) is 23.6. The minimum absolute atomic E-state index is 0.180. The maximum absolute atomic E-state index is 7.33. The molecule has 7 nitrogen and oxygen atoms in total. The van der Waals surface area contributed by atoms with Gasteiger partial charge >= 0.3 is 0 Å². The van der Waals surface area contributed by atoms with Crippen molar-refractivity contribution in [1.82, 2.24) is 24.1 Å². The highest BCUT2D eigenvalue weighted by molar-refractivity contribution is 6.27. The van der Waals surface area contributed by atoms with Crippen molar-refractivity contribution in [3.8, 4) is 67.9 Å². The topological polar surface area (TPSA) is 70.9 Å². The highest BCUT2D eigenvalue weighted by Gasteiger charge is 2.29. The first-order valence-electron chi connectivity index (χ1n) is 29.3. The van der Waals surface area contributed by atoms with E-state index in [0.717, 1.165) is 99.8 Å². The molecule has 14 aromatic rings. The molecule has 0 amide bonds. The lowest BCUT2D eigenvalue weighted by Crippen LogP contribution is -2.09. The van der Waals surface area contributed by atoms with Crippen molar-refractivity contribution in [2.45, 2.75) is 86.0 Å². The molecule has 0 saturated heterocycles. The van der Waals surface area contributed by atoms with Crippen LogP contribution in [0.25, 0.3) is 122 Å². The number of para-hydroxylation sites is 4. The normalized spacial score (nSPS) is 12.1. The molecule has 0 atom stereocenters. The summed E-state index contributed by atoms with van der Waals surface area (Å²) in [5.74, 6) is 3.75. The number of pyridine rings is 1. The molecule has 0 unspecified atom stereocenters. The van der Waals surface area contributed by atoms with Gasteiger partial charge in [0.1, 0.15) is 34.3 Å². The van der Waals surface area contributed by atoms with Gasteiger partial charge in [0.15, 0.2) is 0 Å². The van der Waals surface area contributed by atoms with Crippen molar-refractivity contribution < 1.29 is 9.15 Å². The Labute approximate surface area is 484 Å². The van der Waals surface area contributed by atoms with Crippen molar-refractivity contribution in [2.75, 3.05) is 0 Å². The number of ether oxygens (including phenoxy) is 1. The van der Waals surface area contributed by atoms with Crippen LogP contribution in [0.2, 0.25) is 0 Å². The van der Waals surface area contributed by atoms with Gasteiger partial charge in [0.05, 0.1) is 44.5 Å². The van der Waals surface area contributed by atoms with Gasteiger partial charge in [-0.1, -0.05) is 177 Å². The van der Waals surface area contributed by atoms with Gasteiger partial charge in [0.2, 0.25) is 0 Å². The molecule has 0 aliphatic carbocycles. The van der Waals surface area contributed by atoms with E-state index in [1.165, 1.54) is 50.2 Å². The van der Waals surface area contributed by atoms with Gasteiger partial charge in [-0.2, -0.15) is 0 Å². The SMILES string of the molecule is Cc1ccc2ccc3ccc4oc5c(-c6nc7ccccc7n6-c6c(C(C)C)cc(-c7ccccc7)cc6C(C)C)cc(Oc6cccc(-c7nc8ccccc8n7-c7c(C(C)C)cc(-c8ccccc8)cc7C(C)C)c6)cc5c4c3c2n1. The molecule has 4 heterocycles. The van der Waals surface area contributed by atoms with E-state index in [4.69, 9.17) is 24.1 Å². The van der Waals surface area contributed by atoms with Crippen LogP contribution >= 0.6 is 0 Å². The molecule has 4 aromatic heterocycles. The number of hydrogen-bond acceptors (Lipinski definition) is 5. The number of furan rings is 1.